The van der Waals surface area contributed by atoms with Gasteiger partial charge < -0.3 is 15.0 Å². The van der Waals surface area contributed by atoms with Crippen LogP contribution >= 0.6 is 0 Å². The number of hydrogen-bond donors (Lipinski definition) is 1. The van der Waals surface area contributed by atoms with E-state index in [1.54, 1.807) is 0 Å². The molecule has 3 fully saturated rings. The van der Waals surface area contributed by atoms with Crippen LogP contribution in [0.25, 0.3) is 0 Å². The fourth-order valence-electron chi connectivity index (χ4n) is 7.11. The van der Waals surface area contributed by atoms with E-state index < -0.39 is 12.1 Å². The van der Waals surface area contributed by atoms with Crippen molar-refractivity contribution in [2.75, 3.05) is 13.1 Å². The van der Waals surface area contributed by atoms with Gasteiger partial charge in [-0.05, 0) is 79.6 Å². The van der Waals surface area contributed by atoms with Gasteiger partial charge in [-0.2, -0.15) is 0 Å². The van der Waals surface area contributed by atoms with Crippen LogP contribution in [0, 0.1) is 11.8 Å². The van der Waals surface area contributed by atoms with E-state index in [9.17, 15) is 9.59 Å². The highest BCUT2D eigenvalue weighted by molar-refractivity contribution is 5.97. The molecule has 3 aromatic rings. The molecule has 3 aromatic carbocycles. The molecule has 3 aliphatic rings. The Labute approximate surface area is 250 Å². The van der Waals surface area contributed by atoms with Gasteiger partial charge in [0.05, 0.1) is 0 Å². The number of hydrogen-bond acceptors (Lipinski definition) is 4. The Balaban J connectivity index is 1.08. The molecule has 0 bridgehead atoms. The van der Waals surface area contributed by atoms with Gasteiger partial charge in [0.1, 0.15) is 23.6 Å². The number of carbonyl (C=O) groups excluding carboxylic acids is 2. The van der Waals surface area contributed by atoms with Crippen LogP contribution in [0.2, 0.25) is 0 Å². The Morgan fingerprint density at radius 1 is 0.690 bits per heavy atom. The van der Waals surface area contributed by atoms with Gasteiger partial charge in [0.15, 0.2) is 0 Å². The second kappa shape index (κ2) is 13.6. The van der Waals surface area contributed by atoms with E-state index in [2.05, 4.69) is 34.5 Å². The number of amides is 2. The lowest BCUT2D eigenvalue weighted by Crippen LogP contribution is -2.65. The molecule has 0 unspecified atom stereocenters. The minimum atomic E-state index is -0.406. The number of benzene rings is 3. The quantitative estimate of drug-likeness (QED) is 0.319. The number of para-hydroxylation sites is 1. The normalized spacial score (nSPS) is 22.6. The lowest BCUT2D eigenvalue weighted by atomic mass is 9.82. The average Bonchev–Trinajstić information content (AvgIpc) is 3.03. The Morgan fingerprint density at radius 2 is 1.31 bits per heavy atom. The monoisotopic (exact) mass is 565 g/mol. The van der Waals surface area contributed by atoms with Gasteiger partial charge >= 0.3 is 0 Å². The van der Waals surface area contributed by atoms with E-state index in [1.807, 2.05) is 65.6 Å². The molecule has 2 saturated heterocycles. The summed E-state index contributed by atoms with van der Waals surface area (Å²) >= 11 is 0. The van der Waals surface area contributed by atoms with Crippen LogP contribution in [0.1, 0.15) is 62.5 Å². The Hall–Kier alpha value is -3.64. The van der Waals surface area contributed by atoms with Gasteiger partial charge in [-0.1, -0.05) is 92.8 Å². The van der Waals surface area contributed by atoms with Crippen LogP contribution in [0.3, 0.4) is 0 Å². The van der Waals surface area contributed by atoms with Crippen LogP contribution in [-0.4, -0.2) is 46.8 Å². The summed E-state index contributed by atoms with van der Waals surface area (Å²) in [6, 6.07) is 27.5. The van der Waals surface area contributed by atoms with Gasteiger partial charge in [0.25, 0.3) is 0 Å². The summed E-state index contributed by atoms with van der Waals surface area (Å²) in [5.41, 5.74) is 2.33. The lowest BCUT2D eigenvalue weighted by molar-refractivity contribution is -0.154. The van der Waals surface area contributed by atoms with Crippen LogP contribution in [0.5, 0.6) is 11.5 Å². The molecule has 2 amide bonds. The summed E-state index contributed by atoms with van der Waals surface area (Å²) in [6.45, 7) is 3.19. The van der Waals surface area contributed by atoms with Crippen molar-refractivity contribution in [3.63, 3.8) is 0 Å². The number of ether oxygens (including phenoxy) is 1. The number of nitrogens with one attached hydrogen (secondary N) is 1. The van der Waals surface area contributed by atoms with Gasteiger partial charge in [0, 0.05) is 13.1 Å². The van der Waals surface area contributed by atoms with Crippen molar-refractivity contribution in [2.24, 2.45) is 11.8 Å². The number of likely N-dealkylation sites (tertiary alicyclic amines) is 1. The van der Waals surface area contributed by atoms with Gasteiger partial charge in [-0.3, -0.25) is 14.5 Å². The fourth-order valence-corrected chi connectivity index (χ4v) is 7.11. The third kappa shape index (κ3) is 7.04. The molecule has 0 radical (unpaired) electrons. The fraction of sp³-hybridized carbons (Fsp3) is 0.444. The van der Waals surface area contributed by atoms with Gasteiger partial charge in [-0.25, -0.2) is 0 Å². The molecule has 6 nitrogen and oxygen atoms in total. The van der Waals surface area contributed by atoms with Crippen LogP contribution in [-0.2, 0) is 22.7 Å². The number of carbonyl (C=O) groups is 2. The second-order valence-electron chi connectivity index (χ2n) is 12.4. The maximum atomic E-state index is 13.9. The van der Waals surface area contributed by atoms with E-state index in [1.165, 1.54) is 37.7 Å². The molecule has 42 heavy (non-hydrogen) atoms. The topological polar surface area (TPSA) is 61.9 Å². The lowest BCUT2D eigenvalue weighted by Gasteiger charge is -2.45. The molecular weight excluding hydrogens is 522 g/mol. The molecule has 0 aromatic heterocycles. The van der Waals surface area contributed by atoms with Crippen molar-refractivity contribution in [1.29, 1.82) is 0 Å². The molecule has 1 N–H and O–H groups in total. The first kappa shape index (κ1) is 28.5. The zero-order valence-corrected chi connectivity index (χ0v) is 24.5. The average molecular weight is 566 g/mol. The van der Waals surface area contributed by atoms with E-state index in [-0.39, 0.29) is 17.7 Å². The minimum absolute atomic E-state index is 0.0406. The maximum absolute atomic E-state index is 13.9. The predicted molar refractivity (Wildman–Crippen MR) is 165 cm³/mol. The smallest absolute Gasteiger partial charge is 0.246 e. The van der Waals surface area contributed by atoms with Crippen LogP contribution < -0.4 is 10.1 Å². The zero-order valence-electron chi connectivity index (χ0n) is 24.5. The number of rotatable bonds is 9. The third-order valence-corrected chi connectivity index (χ3v) is 9.38. The summed E-state index contributed by atoms with van der Waals surface area (Å²) in [6.07, 6.45) is 8.68. The van der Waals surface area contributed by atoms with Crippen LogP contribution in [0.4, 0.5) is 0 Å². The first-order valence-electron chi connectivity index (χ1n) is 15.8. The summed E-state index contributed by atoms with van der Waals surface area (Å²) in [5.74, 6) is 2.50. The summed E-state index contributed by atoms with van der Waals surface area (Å²) in [5, 5.41) is 3.19. The molecule has 1 saturated carbocycles. The van der Waals surface area contributed by atoms with E-state index >= 15 is 0 Å². The molecule has 0 spiro atoms. The SMILES string of the molecule is O=C1N[C@@H](CC2CCCCC2)C(=O)N(Cc2ccccc2)[C@H]1C1CCN(Cc2ccc(Oc3ccccc3)cc2)CC1. The zero-order chi connectivity index (χ0) is 28.7. The van der Waals surface area contributed by atoms with Crippen molar-refractivity contribution in [2.45, 2.75) is 76.5 Å². The maximum Gasteiger partial charge on any atom is 0.246 e. The highest BCUT2D eigenvalue weighted by Gasteiger charge is 2.45. The van der Waals surface area contributed by atoms with Gasteiger partial charge in [0.2, 0.25) is 11.8 Å². The molecule has 6 rings (SSSR count). The Bertz CT molecular complexity index is 1300. The molecular formula is C36H43N3O3. The molecule has 220 valence electrons. The number of piperidine rings is 1. The third-order valence-electron chi connectivity index (χ3n) is 9.38. The number of nitrogens with zero attached hydrogens (tertiary/aromatic N) is 2. The van der Waals surface area contributed by atoms with E-state index in [0.29, 0.717) is 12.5 Å². The Kier molecular flexibility index (Phi) is 9.19. The second-order valence-corrected chi connectivity index (χ2v) is 12.4. The highest BCUT2D eigenvalue weighted by Crippen LogP contribution is 2.33. The van der Waals surface area contributed by atoms with Crippen LogP contribution in [0.15, 0.2) is 84.9 Å². The predicted octanol–water partition coefficient (Wildman–Crippen LogP) is 6.56. The molecule has 1 aliphatic carbocycles. The standard InChI is InChI=1S/C36H43N3O3/c40-35-34(39(26-28-12-6-2-7-13-28)36(41)33(37-35)24-27-10-4-1-5-11-27)30-20-22-38(23-21-30)25-29-16-18-32(19-17-29)42-31-14-8-3-9-15-31/h2-3,6-9,12-19,27,30,33-34H,1,4-5,10-11,20-26H2,(H,37,40)/t33-,34-/m0/s1. The van der Waals surface area contributed by atoms with E-state index in [0.717, 1.165) is 56.0 Å². The first-order chi connectivity index (χ1) is 20.6. The largest absolute Gasteiger partial charge is 0.457 e. The molecule has 2 aliphatic heterocycles. The summed E-state index contributed by atoms with van der Waals surface area (Å²) < 4.78 is 5.94. The molecule has 2 heterocycles. The van der Waals surface area contributed by atoms with Crippen molar-refractivity contribution in [1.82, 2.24) is 15.1 Å². The minimum Gasteiger partial charge on any atom is -0.457 e. The first-order valence-corrected chi connectivity index (χ1v) is 15.8. The van der Waals surface area contributed by atoms with Crippen molar-refractivity contribution < 1.29 is 14.3 Å². The summed E-state index contributed by atoms with van der Waals surface area (Å²) in [4.78, 5) is 32.0. The van der Waals surface area contributed by atoms with Crippen molar-refractivity contribution in [3.05, 3.63) is 96.1 Å². The van der Waals surface area contributed by atoms with E-state index in [4.69, 9.17) is 4.74 Å². The molecule has 6 heteroatoms. The van der Waals surface area contributed by atoms with Gasteiger partial charge in [-0.15, -0.1) is 0 Å². The highest BCUT2D eigenvalue weighted by atomic mass is 16.5. The summed E-state index contributed by atoms with van der Waals surface area (Å²) in [7, 11) is 0. The van der Waals surface area contributed by atoms with Crippen molar-refractivity contribution >= 4 is 11.8 Å². The van der Waals surface area contributed by atoms with Crippen molar-refractivity contribution in [3.8, 4) is 11.5 Å². The Morgan fingerprint density at radius 3 is 2.00 bits per heavy atom. The molecule has 2 atom stereocenters. The number of piperazine rings is 1.